The first-order chi connectivity index (χ1) is 46.3. The minimum absolute atomic E-state index is 0.00557. The molecule has 12 amide bonds. The topological polar surface area (TPSA) is 661 Å². The first kappa shape index (κ1) is 86.3. The van der Waals surface area contributed by atoms with Gasteiger partial charge in [0.05, 0.1) is 19.1 Å². The number of amides is 12. The van der Waals surface area contributed by atoms with E-state index in [1.807, 2.05) is 0 Å². The minimum Gasteiger partial charge on any atom is -0.481 e. The molecule has 0 spiro atoms. The van der Waals surface area contributed by atoms with E-state index in [-0.39, 0.29) is 75.9 Å². The van der Waals surface area contributed by atoms with E-state index in [2.05, 4.69) is 68.5 Å². The summed E-state index contributed by atoms with van der Waals surface area (Å²) in [5, 5.41) is 74.8. The molecule has 0 saturated carbocycles. The Morgan fingerprint density at radius 2 is 0.768 bits per heavy atom. The molecule has 0 fully saturated rings. The summed E-state index contributed by atoms with van der Waals surface area (Å²) in [7, 11) is 0. The molecule has 0 aromatic heterocycles. The van der Waals surface area contributed by atoms with E-state index < -0.39 is 219 Å². The number of carbonyl (C=O) groups is 16. The van der Waals surface area contributed by atoms with Crippen molar-refractivity contribution in [3.63, 3.8) is 0 Å². The summed E-state index contributed by atoms with van der Waals surface area (Å²) in [5.41, 5.74) is 27.7. The number of nitrogens with zero attached hydrogens (tertiary/aromatic N) is 2. The third-order valence-electron chi connectivity index (χ3n) is 14.2. The van der Waals surface area contributed by atoms with Crippen LogP contribution in [0, 0.1) is 11.8 Å². The number of carboxylic acids is 4. The highest BCUT2D eigenvalue weighted by atomic mass is 16.4. The third kappa shape index (κ3) is 36.8. The molecular formula is C60H96N18O21. The maximum atomic E-state index is 14.1. The van der Waals surface area contributed by atoms with Gasteiger partial charge in [-0.25, -0.2) is 0 Å². The van der Waals surface area contributed by atoms with Crippen molar-refractivity contribution in [2.24, 2.45) is 50.5 Å². The van der Waals surface area contributed by atoms with Crippen molar-refractivity contribution in [3.8, 4) is 0 Å². The summed E-state index contributed by atoms with van der Waals surface area (Å²) in [5.74, 6) is -20.4. The van der Waals surface area contributed by atoms with Crippen molar-refractivity contribution in [1.29, 1.82) is 0 Å². The predicted octanol–water partition coefficient (Wildman–Crippen LogP) is -6.65. The van der Waals surface area contributed by atoms with Crippen LogP contribution in [0.25, 0.3) is 0 Å². The fraction of sp³-hybridized carbons (Fsp3) is 0.600. The van der Waals surface area contributed by atoms with E-state index in [1.165, 1.54) is 0 Å². The average Bonchev–Trinajstić information content (AvgIpc) is 0.869. The summed E-state index contributed by atoms with van der Waals surface area (Å²) in [6.07, 6.45) is -7.86. The summed E-state index contributed by atoms with van der Waals surface area (Å²) < 4.78 is 0. The van der Waals surface area contributed by atoms with Gasteiger partial charge in [-0.05, 0) is 82.1 Å². The zero-order chi connectivity index (χ0) is 75.2. The molecule has 11 atom stereocenters. The number of aliphatic imine (C=N–C) groups is 2. The standard InChI is InChI=1S/C60H96N18O21/c1-29(2)24-39(49(61)90)74-56(97)41(26-33-12-8-7-9-13-33)76-52(93)36(16-19-44(82)83)70-43(81)28-68-58(99)48(31(5)79)78-54(95)38(18-21-46(86)87)72-53(94)37(17-20-45(84)85)73-57(98)42(27-47(88)89)77-55(96)40(25-30(3)4)75-51(92)35(15-11-23-67-60(64)65)71-50(91)34(69-32(6)80)14-10-22-66-59(62)63/h7-9,12-13,29-31,34-42,48,79H,10-11,14-28H2,1-6H3,(H2,61,90)(H,68,99)(H,69,80)(H,70,81)(H,71,91)(H,72,94)(H,73,98)(H,74,97)(H,75,92)(H,76,93)(H,77,96)(H,78,95)(H,82,83)(H,84,85)(H,86,87)(H,88,89)(H4,62,63,66)(H4,64,65,67)/t31-,34+,35+,36+,37+,38+,39+,40+,41+,42+,48+/m1/s1. The molecule has 0 radical (unpaired) electrons. The largest absolute Gasteiger partial charge is 0.481 e. The molecule has 0 saturated heterocycles. The Hall–Kier alpha value is -10.8. The van der Waals surface area contributed by atoms with Crippen molar-refractivity contribution >= 4 is 107 Å². The van der Waals surface area contributed by atoms with Crippen LogP contribution in [-0.2, 0) is 83.1 Å². The summed E-state index contributed by atoms with van der Waals surface area (Å²) >= 11 is 0. The molecular weight excluding hydrogens is 1310 g/mol. The molecule has 0 unspecified atom stereocenters. The zero-order valence-electron chi connectivity index (χ0n) is 56.0. The van der Waals surface area contributed by atoms with Crippen LogP contribution < -0.4 is 87.2 Å². The van der Waals surface area contributed by atoms with Crippen LogP contribution in [0.5, 0.6) is 0 Å². The number of aliphatic carboxylic acids is 4. The fourth-order valence-corrected chi connectivity index (χ4v) is 9.35. The van der Waals surface area contributed by atoms with E-state index >= 15 is 0 Å². The first-order valence-corrected chi connectivity index (χ1v) is 31.6. The molecule has 39 nitrogen and oxygen atoms in total. The van der Waals surface area contributed by atoms with Crippen LogP contribution in [-0.4, -0.2) is 218 Å². The number of primary amides is 1. The molecule has 552 valence electrons. The number of rotatable bonds is 48. The Kier molecular flexibility index (Phi) is 39.1. The van der Waals surface area contributed by atoms with E-state index in [0.29, 0.717) is 5.56 Å². The molecule has 0 bridgehead atoms. The number of hydrogen-bond acceptors (Lipinski definition) is 19. The van der Waals surface area contributed by atoms with Crippen LogP contribution in [0.4, 0.5) is 0 Å². The Bertz CT molecular complexity index is 3030. The fourth-order valence-electron chi connectivity index (χ4n) is 9.35. The van der Waals surface area contributed by atoms with E-state index in [0.717, 1.165) is 13.8 Å². The highest BCUT2D eigenvalue weighted by Crippen LogP contribution is 2.13. The second kappa shape index (κ2) is 44.9. The van der Waals surface area contributed by atoms with Crippen molar-refractivity contribution in [2.45, 2.75) is 198 Å². The summed E-state index contributed by atoms with van der Waals surface area (Å²) in [6.45, 7) is 7.94. The number of carboxylic acid groups (broad SMARTS) is 4. The summed E-state index contributed by atoms with van der Waals surface area (Å²) in [4.78, 5) is 218. The number of aliphatic hydroxyl groups is 1. The Morgan fingerprint density at radius 3 is 1.17 bits per heavy atom. The lowest BCUT2D eigenvalue weighted by atomic mass is 10.0. The molecule has 39 heteroatoms. The Balaban J connectivity index is 3.55. The molecule has 1 rings (SSSR count). The summed E-state index contributed by atoms with van der Waals surface area (Å²) in [6, 6.07) is -8.48. The molecule has 0 aliphatic heterocycles. The van der Waals surface area contributed by atoms with E-state index in [9.17, 15) is 102 Å². The van der Waals surface area contributed by atoms with Crippen LogP contribution in [0.1, 0.15) is 131 Å². The Labute approximate surface area is 569 Å². The van der Waals surface area contributed by atoms with Crippen molar-refractivity contribution in [1.82, 2.24) is 58.5 Å². The first-order valence-electron chi connectivity index (χ1n) is 31.6. The van der Waals surface area contributed by atoms with Gasteiger partial charge in [0.2, 0.25) is 70.9 Å². The van der Waals surface area contributed by atoms with Crippen LogP contribution in [0.3, 0.4) is 0 Å². The van der Waals surface area contributed by atoms with Gasteiger partial charge in [-0.15, -0.1) is 0 Å². The van der Waals surface area contributed by atoms with Gasteiger partial charge in [0, 0.05) is 45.7 Å². The molecule has 0 aliphatic carbocycles. The lowest BCUT2D eigenvalue weighted by molar-refractivity contribution is -0.142. The lowest BCUT2D eigenvalue weighted by Gasteiger charge is -2.28. The van der Waals surface area contributed by atoms with E-state index in [4.69, 9.17) is 28.7 Å². The van der Waals surface area contributed by atoms with Gasteiger partial charge in [-0.3, -0.25) is 86.7 Å². The molecule has 1 aromatic carbocycles. The molecule has 0 heterocycles. The second-order valence-electron chi connectivity index (χ2n) is 23.9. The number of benzene rings is 1. The number of nitrogens with one attached hydrogen (secondary N) is 11. The molecule has 1 aromatic rings. The van der Waals surface area contributed by atoms with Crippen molar-refractivity contribution in [3.05, 3.63) is 35.9 Å². The second-order valence-corrected chi connectivity index (χ2v) is 23.9. The van der Waals surface area contributed by atoms with Crippen LogP contribution in [0.2, 0.25) is 0 Å². The number of aliphatic hydroxyl groups excluding tert-OH is 1. The van der Waals surface area contributed by atoms with Crippen LogP contribution in [0.15, 0.2) is 40.3 Å². The number of hydrogen-bond donors (Lipinski definition) is 21. The van der Waals surface area contributed by atoms with Gasteiger partial charge in [0.1, 0.15) is 60.4 Å². The highest BCUT2D eigenvalue weighted by Gasteiger charge is 2.37. The third-order valence-corrected chi connectivity index (χ3v) is 14.2. The van der Waals surface area contributed by atoms with Crippen molar-refractivity contribution < 1.29 is 102 Å². The monoisotopic (exact) mass is 1400 g/mol. The van der Waals surface area contributed by atoms with Crippen LogP contribution >= 0.6 is 0 Å². The van der Waals surface area contributed by atoms with Crippen molar-refractivity contribution in [2.75, 3.05) is 19.6 Å². The Morgan fingerprint density at radius 1 is 0.414 bits per heavy atom. The van der Waals surface area contributed by atoms with Gasteiger partial charge < -0.3 is 113 Å². The predicted molar refractivity (Wildman–Crippen MR) is 351 cm³/mol. The molecule has 0 aliphatic rings. The minimum atomic E-state index is -2.12. The van der Waals surface area contributed by atoms with E-state index in [1.54, 1.807) is 58.0 Å². The highest BCUT2D eigenvalue weighted by molar-refractivity contribution is 6.00. The number of nitrogens with two attached hydrogens (primary N) is 5. The lowest BCUT2D eigenvalue weighted by Crippen LogP contribution is -2.61. The van der Waals surface area contributed by atoms with Gasteiger partial charge in [-0.1, -0.05) is 58.0 Å². The quantitative estimate of drug-likeness (QED) is 0.0164. The van der Waals surface area contributed by atoms with Gasteiger partial charge in [0.25, 0.3) is 0 Å². The molecule has 99 heavy (non-hydrogen) atoms. The maximum absolute atomic E-state index is 14.1. The smallest absolute Gasteiger partial charge is 0.305 e. The van der Waals surface area contributed by atoms with Gasteiger partial charge in [-0.2, -0.15) is 0 Å². The van der Waals surface area contributed by atoms with Gasteiger partial charge >= 0.3 is 23.9 Å². The average molecular weight is 1410 g/mol. The zero-order valence-corrected chi connectivity index (χ0v) is 56.0. The van der Waals surface area contributed by atoms with Gasteiger partial charge in [0.15, 0.2) is 11.9 Å². The maximum Gasteiger partial charge on any atom is 0.305 e. The normalized spacial score (nSPS) is 14.2. The number of carbonyl (C=O) groups excluding carboxylic acids is 12. The SMILES string of the molecule is CC(=O)N[C@@H](CCCN=C(N)N)C(=O)N[C@@H](CCCN=C(N)N)C(=O)N[C@@H](CC(C)C)C(=O)N[C@@H](CC(=O)O)C(=O)N[C@@H](CCC(=O)O)C(=O)N[C@@H](CCC(=O)O)C(=O)N[C@H](C(=O)NCC(=O)N[C@@H](CCC(=O)O)C(=O)N[C@@H](Cc1ccccc1)C(=O)N[C@@H](CC(C)C)C(N)=O)[C@@H](C)O. The molecule has 26 N–H and O–H groups in total. The number of guanidine groups is 2.